The molecule has 2 amide bonds. The summed E-state index contributed by atoms with van der Waals surface area (Å²) < 4.78 is 35.2. The van der Waals surface area contributed by atoms with E-state index in [4.69, 9.17) is 4.74 Å². The number of likely N-dealkylation sites (N-methyl/N-ethyl adjacent to an activating group) is 1. The molecule has 0 bridgehead atoms. The Morgan fingerprint density at radius 3 is 2.51 bits per heavy atom. The predicted molar refractivity (Wildman–Crippen MR) is 154 cm³/mol. The molecule has 1 aliphatic heterocycles. The monoisotopic (exact) mass is 555 g/mol. The molecule has 2 N–H and O–H groups in total. The summed E-state index contributed by atoms with van der Waals surface area (Å²) >= 11 is 0. The van der Waals surface area contributed by atoms with Crippen molar-refractivity contribution in [1.29, 1.82) is 0 Å². The van der Waals surface area contributed by atoms with Crippen molar-refractivity contribution in [3.8, 4) is 5.75 Å². The molecule has 2 aromatic carbocycles. The molecule has 9 heteroatoms. The van der Waals surface area contributed by atoms with E-state index in [1.54, 1.807) is 37.1 Å². The quantitative estimate of drug-likeness (QED) is 0.487. The molecule has 2 aliphatic rings. The van der Waals surface area contributed by atoms with E-state index in [-0.39, 0.29) is 41.8 Å². The molecule has 4 rings (SSSR count). The van der Waals surface area contributed by atoms with Crippen LogP contribution in [0.2, 0.25) is 0 Å². The van der Waals surface area contributed by atoms with E-state index in [2.05, 4.69) is 5.32 Å². The van der Waals surface area contributed by atoms with E-state index in [0.29, 0.717) is 6.54 Å². The standard InChI is InChI=1S/C30H41N3O5S/c1-22-19-33(23(2)21-34)39(36,37)29-17-16-25(15-14-24-10-6-4-7-11-24)18-27(29)38-28(22)20-32(3)30(35)31-26-12-8-5-9-13-26/h4,6-7,10-11,14-18,22-23,26,28,34H,5,8-9,12-13,19-21H2,1-3H3,(H,31,35)/t22-,23+,28+/m0/s1. The van der Waals surface area contributed by atoms with Gasteiger partial charge in [0.25, 0.3) is 0 Å². The number of fused-ring (bicyclic) bond motifs is 1. The minimum atomic E-state index is -3.93. The van der Waals surface area contributed by atoms with Gasteiger partial charge in [-0.15, -0.1) is 0 Å². The fourth-order valence-corrected chi connectivity index (χ4v) is 7.03. The molecule has 0 saturated heterocycles. The summed E-state index contributed by atoms with van der Waals surface area (Å²) in [6, 6.07) is 14.4. The van der Waals surface area contributed by atoms with E-state index >= 15 is 0 Å². The Bertz CT molecular complexity index is 1240. The Morgan fingerprint density at radius 1 is 1.13 bits per heavy atom. The number of carbonyl (C=O) groups is 1. The van der Waals surface area contributed by atoms with Crippen LogP contribution in [-0.4, -0.2) is 73.7 Å². The van der Waals surface area contributed by atoms with Gasteiger partial charge in [-0.25, -0.2) is 13.2 Å². The molecule has 1 heterocycles. The van der Waals surface area contributed by atoms with Crippen LogP contribution in [0.15, 0.2) is 53.4 Å². The maximum atomic E-state index is 13.7. The van der Waals surface area contributed by atoms with Gasteiger partial charge in [0.1, 0.15) is 16.7 Å². The topological polar surface area (TPSA) is 99.2 Å². The van der Waals surface area contributed by atoms with Crippen LogP contribution in [0.5, 0.6) is 5.75 Å². The number of ether oxygens (including phenoxy) is 1. The van der Waals surface area contributed by atoms with Crippen molar-refractivity contribution in [3.63, 3.8) is 0 Å². The number of hydrogen-bond acceptors (Lipinski definition) is 5. The number of amides is 2. The van der Waals surface area contributed by atoms with Crippen molar-refractivity contribution in [3.05, 3.63) is 59.7 Å². The molecule has 0 radical (unpaired) electrons. The number of hydrogen-bond donors (Lipinski definition) is 2. The Morgan fingerprint density at radius 2 is 1.82 bits per heavy atom. The van der Waals surface area contributed by atoms with Gasteiger partial charge in [-0.05, 0) is 43.0 Å². The summed E-state index contributed by atoms with van der Waals surface area (Å²) in [5.41, 5.74) is 1.82. The van der Waals surface area contributed by atoms with Crippen molar-refractivity contribution < 1.29 is 23.1 Å². The minimum Gasteiger partial charge on any atom is -0.487 e. The highest BCUT2D eigenvalue weighted by Gasteiger charge is 2.38. The summed E-state index contributed by atoms with van der Waals surface area (Å²) in [5.74, 6) is 0.00774. The molecule has 0 aromatic heterocycles. The number of rotatable bonds is 7. The largest absolute Gasteiger partial charge is 0.487 e. The minimum absolute atomic E-state index is 0.0610. The lowest BCUT2D eigenvalue weighted by Gasteiger charge is -2.37. The Hall–Kier alpha value is -2.88. The maximum absolute atomic E-state index is 13.7. The van der Waals surface area contributed by atoms with Gasteiger partial charge in [-0.3, -0.25) is 0 Å². The third-order valence-corrected chi connectivity index (χ3v) is 9.71. The average Bonchev–Trinajstić information content (AvgIpc) is 2.94. The van der Waals surface area contributed by atoms with Gasteiger partial charge in [0.2, 0.25) is 10.0 Å². The van der Waals surface area contributed by atoms with Crippen LogP contribution in [0.3, 0.4) is 0 Å². The number of benzene rings is 2. The second kappa shape index (κ2) is 13.0. The number of nitrogens with zero attached hydrogens (tertiary/aromatic N) is 2. The SMILES string of the molecule is C[C@H](CO)N1C[C@H](C)[C@@H](CN(C)C(=O)NC2CCCCC2)Oc2cc(C=Cc3ccccc3)ccc2S1(=O)=O. The summed E-state index contributed by atoms with van der Waals surface area (Å²) in [4.78, 5) is 14.7. The number of aliphatic hydroxyl groups is 1. The third kappa shape index (κ3) is 7.21. The number of carbonyl (C=O) groups excluding carboxylic acids is 1. The van der Waals surface area contributed by atoms with Crippen LogP contribution in [-0.2, 0) is 10.0 Å². The predicted octanol–water partition coefficient (Wildman–Crippen LogP) is 4.60. The first-order chi connectivity index (χ1) is 18.7. The van der Waals surface area contributed by atoms with E-state index in [0.717, 1.165) is 36.8 Å². The average molecular weight is 556 g/mol. The number of urea groups is 1. The number of aliphatic hydroxyl groups excluding tert-OH is 1. The molecule has 39 heavy (non-hydrogen) atoms. The van der Waals surface area contributed by atoms with Crippen molar-refractivity contribution in [2.45, 2.75) is 69.0 Å². The van der Waals surface area contributed by atoms with Crippen LogP contribution >= 0.6 is 0 Å². The van der Waals surface area contributed by atoms with Gasteiger partial charge in [-0.2, -0.15) is 4.31 Å². The van der Waals surface area contributed by atoms with Gasteiger partial charge >= 0.3 is 6.03 Å². The van der Waals surface area contributed by atoms with Crippen LogP contribution in [0, 0.1) is 5.92 Å². The van der Waals surface area contributed by atoms with Gasteiger partial charge in [0, 0.05) is 31.6 Å². The van der Waals surface area contributed by atoms with Crippen LogP contribution in [0.25, 0.3) is 12.2 Å². The lowest BCUT2D eigenvalue weighted by molar-refractivity contribution is 0.0806. The van der Waals surface area contributed by atoms with Crippen molar-refractivity contribution in [2.24, 2.45) is 5.92 Å². The zero-order valence-corrected chi connectivity index (χ0v) is 23.9. The van der Waals surface area contributed by atoms with E-state index in [1.807, 2.05) is 49.4 Å². The lowest BCUT2D eigenvalue weighted by Crippen LogP contribution is -2.52. The molecule has 0 spiro atoms. The van der Waals surface area contributed by atoms with Crippen molar-refractivity contribution >= 4 is 28.2 Å². The molecule has 0 unspecified atom stereocenters. The zero-order valence-electron chi connectivity index (χ0n) is 23.1. The molecule has 1 aliphatic carbocycles. The highest BCUT2D eigenvalue weighted by Crippen LogP contribution is 2.34. The molecule has 8 nitrogen and oxygen atoms in total. The molecule has 1 saturated carbocycles. The Kier molecular flexibility index (Phi) is 9.69. The Labute approximate surface area is 232 Å². The second-order valence-corrected chi connectivity index (χ2v) is 12.7. The first kappa shape index (κ1) is 29.1. The molecular weight excluding hydrogens is 514 g/mol. The first-order valence-electron chi connectivity index (χ1n) is 13.9. The lowest BCUT2D eigenvalue weighted by atomic mass is 9.96. The van der Waals surface area contributed by atoms with Crippen LogP contribution in [0.1, 0.15) is 57.1 Å². The molecule has 1 fully saturated rings. The number of sulfonamides is 1. The number of nitrogens with one attached hydrogen (secondary N) is 1. The van der Waals surface area contributed by atoms with Gasteiger partial charge in [-0.1, -0.05) is 74.7 Å². The highest BCUT2D eigenvalue weighted by atomic mass is 32.2. The van der Waals surface area contributed by atoms with Gasteiger partial charge in [0.05, 0.1) is 13.2 Å². The van der Waals surface area contributed by atoms with Crippen LogP contribution in [0.4, 0.5) is 4.79 Å². The van der Waals surface area contributed by atoms with E-state index in [1.165, 1.54) is 10.7 Å². The van der Waals surface area contributed by atoms with E-state index in [9.17, 15) is 18.3 Å². The molecule has 2 aromatic rings. The van der Waals surface area contributed by atoms with E-state index < -0.39 is 22.2 Å². The third-order valence-electron chi connectivity index (χ3n) is 7.69. The molecule has 212 valence electrons. The smallest absolute Gasteiger partial charge is 0.317 e. The molecular formula is C30H41N3O5S. The first-order valence-corrected chi connectivity index (χ1v) is 15.3. The normalized spacial score (nSPS) is 22.8. The summed E-state index contributed by atoms with van der Waals surface area (Å²) in [6.07, 6.45) is 8.88. The van der Waals surface area contributed by atoms with Gasteiger partial charge < -0.3 is 20.1 Å². The van der Waals surface area contributed by atoms with Crippen molar-refractivity contribution in [1.82, 2.24) is 14.5 Å². The fourth-order valence-electron chi connectivity index (χ4n) is 5.20. The van der Waals surface area contributed by atoms with Gasteiger partial charge in [0.15, 0.2) is 0 Å². The fraction of sp³-hybridized carbons (Fsp3) is 0.500. The second-order valence-electron chi connectivity index (χ2n) is 10.9. The maximum Gasteiger partial charge on any atom is 0.317 e. The zero-order chi connectivity index (χ0) is 28.0. The summed E-state index contributed by atoms with van der Waals surface area (Å²) in [5, 5.41) is 13.0. The van der Waals surface area contributed by atoms with Crippen LogP contribution < -0.4 is 10.1 Å². The summed E-state index contributed by atoms with van der Waals surface area (Å²) in [7, 11) is -2.18. The van der Waals surface area contributed by atoms with Crippen molar-refractivity contribution in [2.75, 3.05) is 26.7 Å². The highest BCUT2D eigenvalue weighted by molar-refractivity contribution is 7.89. The Balaban J connectivity index is 1.62. The summed E-state index contributed by atoms with van der Waals surface area (Å²) in [6.45, 7) is 3.79. The molecule has 3 atom stereocenters.